The van der Waals surface area contributed by atoms with E-state index in [-0.39, 0.29) is 11.5 Å². The summed E-state index contributed by atoms with van der Waals surface area (Å²) in [4.78, 5) is 0. The van der Waals surface area contributed by atoms with E-state index in [1.165, 1.54) is 5.56 Å². The zero-order valence-corrected chi connectivity index (χ0v) is 12.1. The lowest BCUT2D eigenvalue weighted by Crippen LogP contribution is -2.21. The molecule has 1 aromatic carbocycles. The highest BCUT2D eigenvalue weighted by atomic mass is 35.5. The van der Waals surface area contributed by atoms with E-state index in [0.717, 1.165) is 24.4 Å². The molecule has 0 heterocycles. The Morgan fingerprint density at radius 1 is 1.44 bits per heavy atom. The summed E-state index contributed by atoms with van der Waals surface area (Å²) in [7, 11) is 0. The number of benzene rings is 1. The first-order valence-electron chi connectivity index (χ1n) is 6.35. The van der Waals surface area contributed by atoms with Gasteiger partial charge in [0, 0.05) is 11.1 Å². The fourth-order valence-electron chi connectivity index (χ4n) is 1.80. The minimum absolute atomic E-state index is 0.221. The van der Waals surface area contributed by atoms with Gasteiger partial charge in [0.1, 0.15) is 0 Å². The number of halogens is 1. The van der Waals surface area contributed by atoms with Crippen molar-refractivity contribution < 1.29 is 0 Å². The lowest BCUT2D eigenvalue weighted by Gasteiger charge is -2.17. The summed E-state index contributed by atoms with van der Waals surface area (Å²) in [6.07, 6.45) is 1.92. The molecule has 1 aromatic rings. The van der Waals surface area contributed by atoms with Crippen molar-refractivity contribution in [3.8, 4) is 6.07 Å². The van der Waals surface area contributed by atoms with Crippen molar-refractivity contribution in [1.29, 1.82) is 5.26 Å². The van der Waals surface area contributed by atoms with Gasteiger partial charge in [-0.2, -0.15) is 5.26 Å². The van der Waals surface area contributed by atoms with Crippen LogP contribution < -0.4 is 5.32 Å². The average Bonchev–Trinajstić information content (AvgIpc) is 2.34. The molecule has 0 radical (unpaired) electrons. The molecule has 3 heteroatoms. The molecule has 1 atom stereocenters. The molecule has 2 nitrogen and oxygen atoms in total. The van der Waals surface area contributed by atoms with E-state index in [9.17, 15) is 0 Å². The Bertz CT molecular complexity index is 421. The highest BCUT2D eigenvalue weighted by Crippen LogP contribution is 2.21. The van der Waals surface area contributed by atoms with Crippen LogP contribution in [0.4, 0.5) is 0 Å². The largest absolute Gasteiger partial charge is 0.310 e. The third-order valence-electron chi connectivity index (χ3n) is 3.08. The van der Waals surface area contributed by atoms with Gasteiger partial charge in [-0.1, -0.05) is 23.7 Å². The van der Waals surface area contributed by atoms with Gasteiger partial charge >= 0.3 is 0 Å². The van der Waals surface area contributed by atoms with E-state index in [1.54, 1.807) is 0 Å². The second-order valence-electron chi connectivity index (χ2n) is 5.33. The first-order chi connectivity index (χ1) is 8.44. The van der Waals surface area contributed by atoms with Crippen LogP contribution in [0.25, 0.3) is 0 Å². The van der Waals surface area contributed by atoms with Crippen molar-refractivity contribution in [2.75, 3.05) is 6.54 Å². The van der Waals surface area contributed by atoms with E-state index in [2.05, 4.69) is 24.4 Å². The molecule has 98 valence electrons. The number of rotatable bonds is 6. The Labute approximate surface area is 115 Å². The normalized spacial score (nSPS) is 13.1. The van der Waals surface area contributed by atoms with Gasteiger partial charge in [0.2, 0.25) is 0 Å². The van der Waals surface area contributed by atoms with Crippen LogP contribution in [0.5, 0.6) is 0 Å². The van der Waals surface area contributed by atoms with E-state index in [0.29, 0.717) is 0 Å². The van der Waals surface area contributed by atoms with Crippen molar-refractivity contribution in [1.82, 2.24) is 5.32 Å². The monoisotopic (exact) mass is 264 g/mol. The topological polar surface area (TPSA) is 35.8 Å². The van der Waals surface area contributed by atoms with Gasteiger partial charge in [-0.15, -0.1) is 0 Å². The Balaban J connectivity index is 2.34. The predicted molar refractivity (Wildman–Crippen MR) is 76.5 cm³/mol. The molecule has 0 saturated carbocycles. The minimum atomic E-state index is -0.221. The fraction of sp³-hybridized carbons (Fsp3) is 0.533. The number of nitrogens with one attached hydrogen (secondary N) is 1. The highest BCUT2D eigenvalue weighted by molar-refractivity contribution is 6.30. The van der Waals surface area contributed by atoms with Crippen LogP contribution >= 0.6 is 11.6 Å². The fourth-order valence-corrected chi connectivity index (χ4v) is 2.00. The average molecular weight is 265 g/mol. The van der Waals surface area contributed by atoms with Crippen molar-refractivity contribution in [3.05, 3.63) is 34.9 Å². The Kier molecular flexibility index (Phi) is 5.65. The highest BCUT2D eigenvalue weighted by Gasteiger charge is 2.15. The molecule has 1 N–H and O–H groups in total. The van der Waals surface area contributed by atoms with Gasteiger partial charge in [0.25, 0.3) is 0 Å². The van der Waals surface area contributed by atoms with E-state index >= 15 is 0 Å². The van der Waals surface area contributed by atoms with Crippen LogP contribution in [-0.4, -0.2) is 6.54 Å². The van der Waals surface area contributed by atoms with Gasteiger partial charge in [-0.3, -0.25) is 0 Å². The van der Waals surface area contributed by atoms with Gasteiger partial charge in [-0.05, 0) is 57.9 Å². The SMILES string of the molecule is C[C@@H](NCCCC(C)(C)C#N)c1cccc(Cl)c1. The van der Waals surface area contributed by atoms with Crippen LogP contribution in [0, 0.1) is 16.7 Å². The predicted octanol–water partition coefficient (Wildman–Crippen LogP) is 4.32. The summed E-state index contributed by atoms with van der Waals surface area (Å²) in [5.74, 6) is 0. The molecule has 18 heavy (non-hydrogen) atoms. The Hall–Kier alpha value is -1.04. The molecule has 0 unspecified atom stereocenters. The number of hydrogen-bond donors (Lipinski definition) is 1. The second-order valence-corrected chi connectivity index (χ2v) is 5.77. The maximum absolute atomic E-state index is 8.93. The molecule has 0 saturated heterocycles. The second kappa shape index (κ2) is 6.78. The third kappa shape index (κ3) is 5.08. The third-order valence-corrected chi connectivity index (χ3v) is 3.32. The van der Waals surface area contributed by atoms with E-state index in [4.69, 9.17) is 16.9 Å². The van der Waals surface area contributed by atoms with Crippen molar-refractivity contribution in [3.63, 3.8) is 0 Å². The van der Waals surface area contributed by atoms with Crippen molar-refractivity contribution >= 4 is 11.6 Å². The van der Waals surface area contributed by atoms with Crippen LogP contribution in [-0.2, 0) is 0 Å². The summed E-state index contributed by atoms with van der Waals surface area (Å²) < 4.78 is 0. The number of hydrogen-bond acceptors (Lipinski definition) is 2. The molecular weight excluding hydrogens is 244 g/mol. The molecule has 0 aliphatic carbocycles. The molecule has 1 rings (SSSR count). The van der Waals surface area contributed by atoms with E-state index < -0.39 is 0 Å². The smallest absolute Gasteiger partial charge is 0.0683 e. The van der Waals surface area contributed by atoms with Crippen molar-refractivity contribution in [2.24, 2.45) is 5.41 Å². The molecule has 0 amide bonds. The Morgan fingerprint density at radius 2 is 2.17 bits per heavy atom. The lowest BCUT2D eigenvalue weighted by atomic mass is 9.90. The van der Waals surface area contributed by atoms with Crippen LogP contribution in [0.1, 0.15) is 45.2 Å². The molecule has 0 fully saturated rings. The summed E-state index contributed by atoms with van der Waals surface area (Å²) in [5, 5.41) is 13.2. The first kappa shape index (κ1) is 15.0. The maximum atomic E-state index is 8.93. The van der Waals surface area contributed by atoms with Crippen LogP contribution in [0.3, 0.4) is 0 Å². The molecule has 0 aromatic heterocycles. The standard InChI is InChI=1S/C15H21ClN2/c1-12(13-6-4-7-14(16)10-13)18-9-5-8-15(2,3)11-17/h4,6-7,10,12,18H,5,8-9H2,1-3H3/t12-/m1/s1. The Morgan fingerprint density at radius 3 is 2.78 bits per heavy atom. The molecule has 0 aliphatic heterocycles. The molecular formula is C15H21ClN2. The van der Waals surface area contributed by atoms with Crippen molar-refractivity contribution in [2.45, 2.75) is 39.7 Å². The molecule has 0 aliphatic rings. The van der Waals surface area contributed by atoms with Gasteiger partial charge in [0.05, 0.1) is 11.5 Å². The first-order valence-corrected chi connectivity index (χ1v) is 6.72. The quantitative estimate of drug-likeness (QED) is 0.777. The zero-order chi connectivity index (χ0) is 13.6. The van der Waals surface area contributed by atoms with Crippen LogP contribution in [0.2, 0.25) is 5.02 Å². The minimum Gasteiger partial charge on any atom is -0.310 e. The summed E-state index contributed by atoms with van der Waals surface area (Å²) in [6.45, 7) is 7.00. The zero-order valence-electron chi connectivity index (χ0n) is 11.3. The van der Waals surface area contributed by atoms with Gasteiger partial charge < -0.3 is 5.32 Å². The summed E-state index contributed by atoms with van der Waals surface area (Å²) in [5.41, 5.74) is 0.975. The summed E-state index contributed by atoms with van der Waals surface area (Å²) >= 11 is 5.97. The lowest BCUT2D eigenvalue weighted by molar-refractivity contribution is 0.417. The maximum Gasteiger partial charge on any atom is 0.0683 e. The number of nitriles is 1. The molecule has 0 bridgehead atoms. The number of nitrogens with zero attached hydrogens (tertiary/aromatic N) is 1. The molecule has 0 spiro atoms. The van der Waals surface area contributed by atoms with E-state index in [1.807, 2.05) is 32.0 Å². The summed E-state index contributed by atoms with van der Waals surface area (Å²) in [6, 6.07) is 10.5. The van der Waals surface area contributed by atoms with Crippen LogP contribution in [0.15, 0.2) is 24.3 Å². The van der Waals surface area contributed by atoms with Gasteiger partial charge in [0.15, 0.2) is 0 Å². The van der Waals surface area contributed by atoms with Gasteiger partial charge in [-0.25, -0.2) is 0 Å².